The molecule has 0 spiro atoms. The number of ether oxygens (including phenoxy) is 2. The molecule has 0 heterocycles. The number of hydrogen-bond donors (Lipinski definition) is 1. The van der Waals surface area contributed by atoms with Gasteiger partial charge in [-0.2, -0.15) is 12.6 Å². The van der Waals surface area contributed by atoms with Crippen molar-refractivity contribution in [2.75, 3.05) is 14.2 Å². The van der Waals surface area contributed by atoms with Crippen molar-refractivity contribution in [3.05, 3.63) is 11.6 Å². The first-order valence-electron chi connectivity index (χ1n) is 10.9. The second kappa shape index (κ2) is 7.44. The molecule has 0 aromatic rings. The quantitative estimate of drug-likeness (QED) is 0.346. The highest BCUT2D eigenvalue weighted by atomic mass is 32.1. The van der Waals surface area contributed by atoms with Crippen molar-refractivity contribution < 1.29 is 9.47 Å². The molecule has 0 aromatic heterocycles. The molecule has 2 nitrogen and oxygen atoms in total. The topological polar surface area (TPSA) is 18.5 Å². The van der Waals surface area contributed by atoms with E-state index in [0.717, 1.165) is 37.0 Å². The van der Waals surface area contributed by atoms with E-state index in [1.165, 1.54) is 32.1 Å². The second-order valence-corrected chi connectivity index (χ2v) is 10.1. The van der Waals surface area contributed by atoms with Crippen LogP contribution in [0.25, 0.3) is 0 Å². The Morgan fingerprint density at radius 1 is 1.00 bits per heavy atom. The van der Waals surface area contributed by atoms with Gasteiger partial charge in [-0.25, -0.2) is 0 Å². The van der Waals surface area contributed by atoms with Gasteiger partial charge in [0, 0.05) is 31.8 Å². The first kappa shape index (κ1) is 20.7. The zero-order valence-electron chi connectivity index (χ0n) is 17.8. The summed E-state index contributed by atoms with van der Waals surface area (Å²) in [5.74, 6) is 2.78. The predicted octanol–water partition coefficient (Wildman–Crippen LogP) is 6.26. The number of fused-ring (bicyclic) bond motifs is 5. The molecule has 0 saturated heterocycles. The van der Waals surface area contributed by atoms with E-state index in [4.69, 9.17) is 22.1 Å². The van der Waals surface area contributed by atoms with E-state index in [0.29, 0.717) is 11.3 Å². The van der Waals surface area contributed by atoms with Gasteiger partial charge in [0.25, 0.3) is 0 Å². The van der Waals surface area contributed by atoms with Crippen LogP contribution in [0.15, 0.2) is 11.6 Å². The molecule has 3 saturated carbocycles. The van der Waals surface area contributed by atoms with Gasteiger partial charge in [0.1, 0.15) is 0 Å². The van der Waals surface area contributed by atoms with Crippen molar-refractivity contribution in [3.8, 4) is 0 Å². The van der Waals surface area contributed by atoms with Crippen LogP contribution in [0.4, 0.5) is 0 Å². The van der Waals surface area contributed by atoms with E-state index < -0.39 is 0 Å². The molecule has 0 aliphatic heterocycles. The average Bonchev–Trinajstić information content (AvgIpc) is 2.98. The first-order valence-corrected chi connectivity index (χ1v) is 11.3. The summed E-state index contributed by atoms with van der Waals surface area (Å²) in [6.45, 7) is 8.90. The largest absolute Gasteiger partial charge is 0.353 e. The van der Waals surface area contributed by atoms with Gasteiger partial charge < -0.3 is 9.47 Å². The predicted molar refractivity (Wildman–Crippen MR) is 113 cm³/mol. The van der Waals surface area contributed by atoms with Crippen LogP contribution in [0.1, 0.15) is 79.1 Å². The highest BCUT2D eigenvalue weighted by molar-refractivity contribution is 7.81. The van der Waals surface area contributed by atoms with E-state index >= 15 is 0 Å². The highest BCUT2D eigenvalue weighted by Gasteiger charge is 2.60. The van der Waals surface area contributed by atoms with Gasteiger partial charge in [-0.05, 0) is 74.5 Å². The molecule has 6 atom stereocenters. The molecule has 6 unspecified atom stereocenters. The van der Waals surface area contributed by atoms with Crippen molar-refractivity contribution >= 4 is 12.6 Å². The van der Waals surface area contributed by atoms with E-state index in [2.05, 4.69) is 19.9 Å². The number of allylic oxidation sites excluding steroid dienone is 2. The lowest BCUT2D eigenvalue weighted by Gasteiger charge is -2.61. The van der Waals surface area contributed by atoms with E-state index in [1.54, 1.807) is 19.8 Å². The summed E-state index contributed by atoms with van der Waals surface area (Å²) in [6, 6.07) is 0. The summed E-state index contributed by atoms with van der Waals surface area (Å²) < 4.78 is 11.8. The summed E-state index contributed by atoms with van der Waals surface area (Å²) in [4.78, 5) is 0. The van der Waals surface area contributed by atoms with Crippen LogP contribution < -0.4 is 0 Å². The van der Waals surface area contributed by atoms with Crippen LogP contribution in [0.2, 0.25) is 0 Å². The normalized spacial score (nSPS) is 46.2. The number of rotatable bonds is 2. The van der Waals surface area contributed by atoms with Gasteiger partial charge in [-0.3, -0.25) is 0 Å². The molecule has 0 aromatic carbocycles. The Balaban J connectivity index is 0.000000948. The van der Waals surface area contributed by atoms with Crippen molar-refractivity contribution in [1.29, 1.82) is 0 Å². The van der Waals surface area contributed by atoms with Crippen LogP contribution >= 0.6 is 12.6 Å². The zero-order valence-corrected chi connectivity index (χ0v) is 18.7. The second-order valence-electron chi connectivity index (χ2n) is 9.24. The van der Waals surface area contributed by atoms with Crippen LogP contribution in [-0.4, -0.2) is 24.8 Å². The molecule has 0 N–H and O–H groups in total. The minimum Gasteiger partial charge on any atom is -0.353 e. The minimum absolute atomic E-state index is 0.196. The summed E-state index contributed by atoms with van der Waals surface area (Å²) in [5, 5.41) is 0. The molecule has 4 aliphatic carbocycles. The summed E-state index contributed by atoms with van der Waals surface area (Å²) in [5.41, 5.74) is 2.12. The van der Waals surface area contributed by atoms with Crippen LogP contribution in [0.5, 0.6) is 0 Å². The number of thiol groups is 1. The Morgan fingerprint density at radius 3 is 2.35 bits per heavy atom. The van der Waals surface area contributed by atoms with Gasteiger partial charge in [-0.15, -0.1) is 0 Å². The first-order chi connectivity index (χ1) is 12.4. The lowest BCUT2D eigenvalue weighted by atomic mass is 9.49. The van der Waals surface area contributed by atoms with Crippen molar-refractivity contribution in [2.45, 2.75) is 89.6 Å². The number of hydrogen-bond acceptors (Lipinski definition) is 3. The summed E-state index contributed by atoms with van der Waals surface area (Å²) in [6.07, 6.45) is 12.4. The third-order valence-corrected chi connectivity index (χ3v) is 9.73. The third-order valence-electron chi connectivity index (χ3n) is 8.81. The molecule has 26 heavy (non-hydrogen) atoms. The minimum atomic E-state index is -0.363. The smallest absolute Gasteiger partial charge is 0.167 e. The molecule has 0 radical (unpaired) electrons. The lowest BCUT2D eigenvalue weighted by Crippen LogP contribution is -2.58. The standard InChI is InChI=1S/C21H34O2S.C2H6/c1-14-5-8-17-16-7-6-15-13-20(22-3,23-4)11-12-21(15,24)18(16)9-10-19(14,17)2;1-2/h5,15-18,24H,6-13H2,1-4H3;1-2H3. The van der Waals surface area contributed by atoms with Crippen LogP contribution in [0, 0.1) is 29.1 Å². The molecular formula is C23H40O2S. The monoisotopic (exact) mass is 380 g/mol. The molecule has 0 bridgehead atoms. The Bertz CT molecular complexity index is 540. The van der Waals surface area contributed by atoms with Gasteiger partial charge in [0.05, 0.1) is 0 Å². The lowest BCUT2D eigenvalue weighted by molar-refractivity contribution is -0.242. The molecule has 3 heteroatoms. The van der Waals surface area contributed by atoms with E-state index in [-0.39, 0.29) is 10.5 Å². The highest BCUT2D eigenvalue weighted by Crippen LogP contribution is 2.65. The fourth-order valence-corrected chi connectivity index (χ4v) is 7.68. The van der Waals surface area contributed by atoms with Crippen LogP contribution in [0.3, 0.4) is 0 Å². The molecule has 4 rings (SSSR count). The van der Waals surface area contributed by atoms with Gasteiger partial charge in [0.2, 0.25) is 0 Å². The molecule has 0 amide bonds. The van der Waals surface area contributed by atoms with E-state index in [9.17, 15) is 0 Å². The number of methoxy groups -OCH3 is 2. The maximum absolute atomic E-state index is 5.79. The Labute approximate surface area is 166 Å². The van der Waals surface area contributed by atoms with Gasteiger partial charge in [0.15, 0.2) is 5.79 Å². The van der Waals surface area contributed by atoms with Crippen molar-refractivity contribution in [1.82, 2.24) is 0 Å². The zero-order chi connectivity index (χ0) is 19.2. The SMILES string of the molecule is CC.COC1(OC)CCC2(S)C(CCC3C4CC=C(C)C4(C)CCC32)C1. The fourth-order valence-electron chi connectivity index (χ4n) is 7.03. The molecule has 3 fully saturated rings. The molecule has 4 aliphatic rings. The van der Waals surface area contributed by atoms with Crippen molar-refractivity contribution in [2.24, 2.45) is 29.1 Å². The maximum Gasteiger partial charge on any atom is 0.167 e. The fraction of sp³-hybridized carbons (Fsp3) is 0.913. The Hall–Kier alpha value is 0.01000. The van der Waals surface area contributed by atoms with Crippen LogP contribution in [-0.2, 0) is 9.47 Å². The summed E-state index contributed by atoms with van der Waals surface area (Å²) >= 11 is 5.41. The van der Waals surface area contributed by atoms with Crippen molar-refractivity contribution in [3.63, 3.8) is 0 Å². The van der Waals surface area contributed by atoms with Gasteiger partial charge >= 0.3 is 0 Å². The van der Waals surface area contributed by atoms with Gasteiger partial charge in [-0.1, -0.05) is 32.4 Å². The Kier molecular flexibility index (Phi) is 5.94. The maximum atomic E-state index is 5.79. The summed E-state index contributed by atoms with van der Waals surface area (Å²) in [7, 11) is 3.61. The van der Waals surface area contributed by atoms with E-state index in [1.807, 2.05) is 13.8 Å². The molecule has 150 valence electrons. The third kappa shape index (κ3) is 2.92. The average molecular weight is 381 g/mol. The molecular weight excluding hydrogens is 340 g/mol. The Morgan fingerprint density at radius 2 is 1.69 bits per heavy atom.